The molecule has 4 rings (SSSR count). The minimum absolute atomic E-state index is 0.620. The fraction of sp³-hybridized carbons (Fsp3) is 0.130. The number of para-hydroxylation sites is 3. The Kier molecular flexibility index (Phi) is 4.71. The van der Waals surface area contributed by atoms with Gasteiger partial charge in [0.2, 0.25) is 0 Å². The van der Waals surface area contributed by atoms with E-state index in [0.717, 1.165) is 45.5 Å². The summed E-state index contributed by atoms with van der Waals surface area (Å²) in [6.07, 6.45) is 0.620. The van der Waals surface area contributed by atoms with E-state index in [0.29, 0.717) is 6.42 Å². The van der Waals surface area contributed by atoms with Gasteiger partial charge in [0.15, 0.2) is 0 Å². The second-order valence-electron chi connectivity index (χ2n) is 6.45. The van der Waals surface area contributed by atoms with Crippen molar-refractivity contribution < 1.29 is 4.74 Å². The number of nitrogens with one attached hydrogen (secondary N) is 1. The quantitative estimate of drug-likeness (QED) is 0.658. The largest absolute Gasteiger partial charge is 0.497 e. The Morgan fingerprint density at radius 1 is 0.926 bits per heavy atom. The highest BCUT2D eigenvalue weighted by Crippen LogP contribution is 2.30. The van der Waals surface area contributed by atoms with Gasteiger partial charge in [0.1, 0.15) is 11.6 Å². The van der Waals surface area contributed by atoms with E-state index in [1.807, 2.05) is 66.7 Å². The summed E-state index contributed by atoms with van der Waals surface area (Å²) >= 11 is 0. The average molecular weight is 355 g/mol. The van der Waals surface area contributed by atoms with Crippen LogP contribution in [0.5, 0.6) is 5.75 Å². The third-order valence-electron chi connectivity index (χ3n) is 4.57. The van der Waals surface area contributed by atoms with E-state index in [1.165, 1.54) is 0 Å². The van der Waals surface area contributed by atoms with Gasteiger partial charge < -0.3 is 10.1 Å². The summed E-state index contributed by atoms with van der Waals surface area (Å²) in [5, 5.41) is 3.47. The van der Waals surface area contributed by atoms with Gasteiger partial charge in [-0.1, -0.05) is 30.3 Å². The molecule has 134 valence electrons. The Labute approximate surface area is 159 Å². The van der Waals surface area contributed by atoms with Crippen LogP contribution in [0.25, 0.3) is 0 Å². The van der Waals surface area contributed by atoms with Gasteiger partial charge in [-0.2, -0.15) is 0 Å². The van der Waals surface area contributed by atoms with Gasteiger partial charge in [-0.3, -0.25) is 4.99 Å². The Hall–Kier alpha value is -3.40. The summed E-state index contributed by atoms with van der Waals surface area (Å²) < 4.78 is 5.27. The maximum atomic E-state index is 5.27. The van der Waals surface area contributed by atoms with Crippen molar-refractivity contribution in [3.63, 3.8) is 0 Å². The van der Waals surface area contributed by atoms with Crippen molar-refractivity contribution in [3.8, 4) is 5.75 Å². The number of nitrogens with zero attached hydrogens (tertiary/aromatic N) is 2. The van der Waals surface area contributed by atoms with Crippen molar-refractivity contribution in [1.82, 2.24) is 0 Å². The number of fused-ring (bicyclic) bond motifs is 1. The molecule has 0 aliphatic carbocycles. The number of anilines is 1. The average Bonchev–Trinajstić information content (AvgIpc) is 2.89. The van der Waals surface area contributed by atoms with E-state index in [-0.39, 0.29) is 0 Å². The lowest BCUT2D eigenvalue weighted by Gasteiger charge is -2.10. The molecule has 0 atom stereocenters. The van der Waals surface area contributed by atoms with E-state index < -0.39 is 0 Å². The Morgan fingerprint density at radius 3 is 2.44 bits per heavy atom. The number of hydrogen-bond donors (Lipinski definition) is 1. The summed E-state index contributed by atoms with van der Waals surface area (Å²) in [5.41, 5.74) is 6.03. The summed E-state index contributed by atoms with van der Waals surface area (Å²) in [6, 6.07) is 24.2. The van der Waals surface area contributed by atoms with Gasteiger partial charge in [0.25, 0.3) is 0 Å². The van der Waals surface area contributed by atoms with Gasteiger partial charge in [0.05, 0.1) is 29.9 Å². The van der Waals surface area contributed by atoms with Gasteiger partial charge in [0, 0.05) is 6.42 Å². The Morgan fingerprint density at radius 2 is 1.67 bits per heavy atom. The molecule has 3 aromatic carbocycles. The van der Waals surface area contributed by atoms with Gasteiger partial charge in [-0.05, 0) is 60.5 Å². The molecule has 0 fully saturated rings. The van der Waals surface area contributed by atoms with Crippen LogP contribution in [0.2, 0.25) is 0 Å². The highest BCUT2D eigenvalue weighted by atomic mass is 16.5. The first-order valence-corrected chi connectivity index (χ1v) is 8.94. The van der Waals surface area contributed by atoms with Crippen molar-refractivity contribution in [2.75, 3.05) is 12.4 Å². The minimum Gasteiger partial charge on any atom is -0.497 e. The van der Waals surface area contributed by atoms with Crippen LogP contribution < -0.4 is 10.1 Å². The van der Waals surface area contributed by atoms with Gasteiger partial charge in [-0.15, -0.1) is 0 Å². The van der Waals surface area contributed by atoms with E-state index in [4.69, 9.17) is 14.7 Å². The number of hydrogen-bond acceptors (Lipinski definition) is 3. The highest BCUT2D eigenvalue weighted by Gasteiger charge is 2.16. The van der Waals surface area contributed by atoms with Crippen molar-refractivity contribution >= 4 is 28.6 Å². The van der Waals surface area contributed by atoms with Crippen molar-refractivity contribution in [1.29, 1.82) is 0 Å². The molecular weight excluding hydrogens is 334 g/mol. The van der Waals surface area contributed by atoms with E-state index in [9.17, 15) is 0 Å². The van der Waals surface area contributed by atoms with E-state index in [1.54, 1.807) is 7.11 Å². The maximum Gasteiger partial charge on any atom is 0.118 e. The molecule has 27 heavy (non-hydrogen) atoms. The Balaban J connectivity index is 1.78. The van der Waals surface area contributed by atoms with Crippen molar-refractivity contribution in [2.24, 2.45) is 9.98 Å². The minimum atomic E-state index is 0.620. The first kappa shape index (κ1) is 17.0. The number of benzene rings is 3. The van der Waals surface area contributed by atoms with Crippen molar-refractivity contribution in [2.45, 2.75) is 13.3 Å². The highest BCUT2D eigenvalue weighted by molar-refractivity contribution is 6.19. The standard InChI is InChI=1S/C23H21N3O/c1-16-7-3-4-8-19(16)25-23-15-22(17-11-13-18(27-2)14-12-17)24-20-9-5-6-10-21(20)26-23/h3-14H,15H2,1-2H3,(H,25,26). The third kappa shape index (κ3) is 3.75. The fourth-order valence-corrected chi connectivity index (χ4v) is 3.07. The van der Waals surface area contributed by atoms with Crippen LogP contribution in [0.3, 0.4) is 0 Å². The molecule has 0 saturated carbocycles. The number of ether oxygens (including phenoxy) is 1. The maximum absolute atomic E-state index is 5.27. The molecular formula is C23H21N3O. The molecule has 1 aliphatic rings. The zero-order valence-electron chi connectivity index (χ0n) is 15.4. The molecule has 0 unspecified atom stereocenters. The molecule has 0 aromatic heterocycles. The molecule has 0 amide bonds. The molecule has 1 N–H and O–H groups in total. The smallest absolute Gasteiger partial charge is 0.118 e. The van der Waals surface area contributed by atoms with Crippen molar-refractivity contribution in [3.05, 3.63) is 83.9 Å². The molecule has 3 aromatic rings. The van der Waals surface area contributed by atoms with Crippen LogP contribution >= 0.6 is 0 Å². The first-order valence-electron chi connectivity index (χ1n) is 8.94. The van der Waals surface area contributed by atoms with Crippen LogP contribution in [-0.2, 0) is 0 Å². The normalized spacial score (nSPS) is 14.7. The molecule has 0 spiro atoms. The number of aliphatic imine (C=N–C) groups is 2. The topological polar surface area (TPSA) is 46.0 Å². The second kappa shape index (κ2) is 7.46. The second-order valence-corrected chi connectivity index (χ2v) is 6.45. The fourth-order valence-electron chi connectivity index (χ4n) is 3.07. The van der Waals surface area contributed by atoms with E-state index >= 15 is 0 Å². The van der Waals surface area contributed by atoms with Gasteiger partial charge >= 0.3 is 0 Å². The first-order chi connectivity index (χ1) is 13.2. The summed E-state index contributed by atoms with van der Waals surface area (Å²) in [4.78, 5) is 9.80. The Bertz CT molecular complexity index is 1020. The molecule has 1 aliphatic heterocycles. The summed E-state index contributed by atoms with van der Waals surface area (Å²) in [7, 11) is 1.67. The molecule has 0 saturated heterocycles. The van der Waals surface area contributed by atoms with Crippen LogP contribution in [0, 0.1) is 6.92 Å². The number of rotatable bonds is 3. The third-order valence-corrected chi connectivity index (χ3v) is 4.57. The SMILES string of the molecule is COc1ccc(C2=Nc3ccccc3NC(=Nc3ccccc3C)C2)cc1. The molecule has 0 radical (unpaired) electrons. The summed E-state index contributed by atoms with van der Waals surface area (Å²) in [6.45, 7) is 2.07. The monoisotopic (exact) mass is 355 g/mol. The number of methoxy groups -OCH3 is 1. The van der Waals surface area contributed by atoms with Crippen LogP contribution in [0.1, 0.15) is 17.5 Å². The predicted octanol–water partition coefficient (Wildman–Crippen LogP) is 5.67. The molecule has 4 heteroatoms. The van der Waals surface area contributed by atoms with E-state index in [2.05, 4.69) is 18.3 Å². The van der Waals surface area contributed by atoms with Crippen LogP contribution in [-0.4, -0.2) is 18.7 Å². The summed E-state index contributed by atoms with van der Waals surface area (Å²) in [5.74, 6) is 1.71. The van der Waals surface area contributed by atoms with Crippen LogP contribution in [0.4, 0.5) is 17.1 Å². The predicted molar refractivity (Wildman–Crippen MR) is 112 cm³/mol. The zero-order chi connectivity index (χ0) is 18.6. The number of aryl methyl sites for hydroxylation is 1. The molecule has 1 heterocycles. The number of amidine groups is 1. The molecule has 4 nitrogen and oxygen atoms in total. The lowest BCUT2D eigenvalue weighted by atomic mass is 10.1. The lowest BCUT2D eigenvalue weighted by molar-refractivity contribution is 0.415. The molecule has 0 bridgehead atoms. The lowest BCUT2D eigenvalue weighted by Crippen LogP contribution is -2.15. The van der Waals surface area contributed by atoms with Gasteiger partial charge in [-0.25, -0.2) is 4.99 Å². The van der Waals surface area contributed by atoms with Crippen LogP contribution in [0.15, 0.2) is 82.8 Å². The zero-order valence-corrected chi connectivity index (χ0v) is 15.4.